The highest BCUT2D eigenvalue weighted by atomic mass is 16.1. The van der Waals surface area contributed by atoms with E-state index in [4.69, 9.17) is 11.0 Å². The number of anilines is 1. The fraction of sp³-hybridized carbons (Fsp3) is 0.429. The minimum Gasteiger partial charge on any atom is -0.399 e. The van der Waals surface area contributed by atoms with Crippen molar-refractivity contribution in [2.75, 3.05) is 5.73 Å². The largest absolute Gasteiger partial charge is 0.399 e. The molecule has 3 N–H and O–H groups in total. The second-order valence-corrected chi connectivity index (χ2v) is 4.23. The Morgan fingerprint density at radius 1 is 1.50 bits per heavy atom. The lowest BCUT2D eigenvalue weighted by molar-refractivity contribution is -0.121. The second kappa shape index (κ2) is 7.33. The SMILES string of the molecule is CCC(CC#N)NC(=O)CCc1ccccc1N. The molecule has 0 heterocycles. The summed E-state index contributed by atoms with van der Waals surface area (Å²) in [6.07, 6.45) is 2.15. The molecule has 0 aliphatic carbocycles. The number of amides is 1. The minimum atomic E-state index is -0.0457. The number of hydrogen-bond donors (Lipinski definition) is 2. The van der Waals surface area contributed by atoms with Gasteiger partial charge in [-0.25, -0.2) is 0 Å². The van der Waals surface area contributed by atoms with E-state index in [-0.39, 0.29) is 11.9 Å². The number of hydrogen-bond acceptors (Lipinski definition) is 3. The van der Waals surface area contributed by atoms with Crippen LogP contribution in [0.1, 0.15) is 31.7 Å². The summed E-state index contributed by atoms with van der Waals surface area (Å²) in [7, 11) is 0. The molecule has 0 spiro atoms. The smallest absolute Gasteiger partial charge is 0.220 e. The molecule has 0 saturated heterocycles. The predicted octanol–water partition coefficient (Wildman–Crippen LogP) is 2.01. The molecule has 0 saturated carbocycles. The van der Waals surface area contributed by atoms with Crippen LogP contribution in [0.5, 0.6) is 0 Å². The molecule has 0 aliphatic rings. The quantitative estimate of drug-likeness (QED) is 0.752. The van der Waals surface area contributed by atoms with Crippen LogP contribution >= 0.6 is 0 Å². The van der Waals surface area contributed by atoms with E-state index < -0.39 is 0 Å². The first-order valence-electron chi connectivity index (χ1n) is 6.17. The van der Waals surface area contributed by atoms with Gasteiger partial charge < -0.3 is 11.1 Å². The van der Waals surface area contributed by atoms with E-state index in [1.807, 2.05) is 31.2 Å². The standard InChI is InChI=1S/C14H19N3O/c1-2-12(9-10-15)17-14(18)8-7-11-5-3-4-6-13(11)16/h3-6,12H,2,7-9,16H2,1H3,(H,17,18). The molecule has 1 aromatic rings. The number of para-hydroxylation sites is 1. The number of nitriles is 1. The Labute approximate surface area is 108 Å². The van der Waals surface area contributed by atoms with Crippen LogP contribution < -0.4 is 11.1 Å². The van der Waals surface area contributed by atoms with Crippen molar-refractivity contribution in [2.45, 2.75) is 38.6 Å². The highest BCUT2D eigenvalue weighted by molar-refractivity contribution is 5.76. The van der Waals surface area contributed by atoms with Crippen LogP contribution in [0, 0.1) is 11.3 Å². The molecule has 1 amide bonds. The van der Waals surface area contributed by atoms with Crippen molar-refractivity contribution in [3.63, 3.8) is 0 Å². The number of rotatable bonds is 6. The van der Waals surface area contributed by atoms with Gasteiger partial charge >= 0.3 is 0 Å². The first kappa shape index (κ1) is 14.0. The van der Waals surface area contributed by atoms with Crippen molar-refractivity contribution < 1.29 is 4.79 Å². The maximum Gasteiger partial charge on any atom is 0.220 e. The first-order valence-corrected chi connectivity index (χ1v) is 6.17. The summed E-state index contributed by atoms with van der Waals surface area (Å²) >= 11 is 0. The fourth-order valence-electron chi connectivity index (χ4n) is 1.72. The minimum absolute atomic E-state index is 0.0275. The number of benzene rings is 1. The van der Waals surface area contributed by atoms with Crippen LogP contribution in [0.15, 0.2) is 24.3 Å². The first-order chi connectivity index (χ1) is 8.67. The molecule has 0 radical (unpaired) electrons. The van der Waals surface area contributed by atoms with E-state index in [0.29, 0.717) is 19.3 Å². The van der Waals surface area contributed by atoms with Crippen molar-refractivity contribution in [1.29, 1.82) is 5.26 Å². The van der Waals surface area contributed by atoms with Crippen LogP contribution in [-0.2, 0) is 11.2 Å². The maximum atomic E-state index is 11.7. The third-order valence-corrected chi connectivity index (χ3v) is 2.87. The Hall–Kier alpha value is -2.02. The maximum absolute atomic E-state index is 11.7. The Kier molecular flexibility index (Phi) is 5.72. The summed E-state index contributed by atoms with van der Waals surface area (Å²) in [5, 5.41) is 11.5. The average molecular weight is 245 g/mol. The zero-order valence-corrected chi connectivity index (χ0v) is 10.6. The molecule has 0 aromatic heterocycles. The molecule has 1 atom stereocenters. The van der Waals surface area contributed by atoms with Crippen LogP contribution in [0.25, 0.3) is 0 Å². The number of nitrogen functional groups attached to an aromatic ring is 1. The fourth-order valence-corrected chi connectivity index (χ4v) is 1.72. The van der Waals surface area contributed by atoms with Gasteiger partial charge in [-0.15, -0.1) is 0 Å². The lowest BCUT2D eigenvalue weighted by Gasteiger charge is -2.13. The summed E-state index contributed by atoms with van der Waals surface area (Å²) < 4.78 is 0. The molecule has 1 aromatic carbocycles. The van der Waals surface area contributed by atoms with Crippen LogP contribution in [-0.4, -0.2) is 11.9 Å². The molecule has 4 heteroatoms. The molecule has 1 unspecified atom stereocenters. The number of nitrogens with one attached hydrogen (secondary N) is 1. The molecule has 1 rings (SSSR count). The molecule has 0 aliphatic heterocycles. The molecule has 18 heavy (non-hydrogen) atoms. The van der Waals surface area contributed by atoms with E-state index in [1.54, 1.807) is 0 Å². The van der Waals surface area contributed by atoms with Crippen LogP contribution in [0.3, 0.4) is 0 Å². The number of aryl methyl sites for hydroxylation is 1. The van der Waals surface area contributed by atoms with Gasteiger partial charge in [0.2, 0.25) is 5.91 Å². The molecular formula is C14H19N3O. The Bertz CT molecular complexity index is 437. The number of carbonyl (C=O) groups excluding carboxylic acids is 1. The van der Waals surface area contributed by atoms with E-state index in [1.165, 1.54) is 0 Å². The average Bonchev–Trinajstić information content (AvgIpc) is 2.37. The van der Waals surface area contributed by atoms with Gasteiger partial charge in [0, 0.05) is 18.2 Å². The van der Waals surface area contributed by atoms with Crippen LogP contribution in [0.4, 0.5) is 5.69 Å². The van der Waals surface area contributed by atoms with Gasteiger partial charge in [0.25, 0.3) is 0 Å². The summed E-state index contributed by atoms with van der Waals surface area (Å²) in [5.41, 5.74) is 7.51. The number of nitrogens with two attached hydrogens (primary N) is 1. The summed E-state index contributed by atoms with van der Waals surface area (Å²) in [6.45, 7) is 1.96. The Morgan fingerprint density at radius 3 is 2.83 bits per heavy atom. The third-order valence-electron chi connectivity index (χ3n) is 2.87. The summed E-state index contributed by atoms with van der Waals surface area (Å²) in [4.78, 5) is 11.7. The van der Waals surface area contributed by atoms with Crippen molar-refractivity contribution in [2.24, 2.45) is 0 Å². The van der Waals surface area contributed by atoms with Gasteiger partial charge in [-0.2, -0.15) is 5.26 Å². The number of carbonyl (C=O) groups is 1. The number of nitrogens with zero attached hydrogens (tertiary/aromatic N) is 1. The van der Waals surface area contributed by atoms with Gasteiger partial charge in [-0.1, -0.05) is 25.1 Å². The summed E-state index contributed by atoms with van der Waals surface area (Å²) in [6, 6.07) is 9.57. The van der Waals surface area contributed by atoms with E-state index in [2.05, 4.69) is 11.4 Å². The zero-order chi connectivity index (χ0) is 13.4. The van der Waals surface area contributed by atoms with E-state index in [0.717, 1.165) is 17.7 Å². The zero-order valence-electron chi connectivity index (χ0n) is 10.6. The monoisotopic (exact) mass is 245 g/mol. The third kappa shape index (κ3) is 4.46. The molecular weight excluding hydrogens is 226 g/mol. The lowest BCUT2D eigenvalue weighted by Crippen LogP contribution is -2.34. The predicted molar refractivity (Wildman–Crippen MR) is 71.6 cm³/mol. The van der Waals surface area contributed by atoms with Gasteiger partial charge in [0.15, 0.2) is 0 Å². The second-order valence-electron chi connectivity index (χ2n) is 4.23. The van der Waals surface area contributed by atoms with E-state index in [9.17, 15) is 4.79 Å². The van der Waals surface area contributed by atoms with Crippen molar-refractivity contribution in [3.8, 4) is 6.07 Å². The Morgan fingerprint density at radius 2 is 2.22 bits per heavy atom. The van der Waals surface area contributed by atoms with E-state index >= 15 is 0 Å². The molecule has 4 nitrogen and oxygen atoms in total. The lowest BCUT2D eigenvalue weighted by atomic mass is 10.1. The van der Waals surface area contributed by atoms with Gasteiger partial charge in [0.05, 0.1) is 12.5 Å². The Balaban J connectivity index is 2.42. The van der Waals surface area contributed by atoms with Crippen molar-refractivity contribution in [1.82, 2.24) is 5.32 Å². The summed E-state index contributed by atoms with van der Waals surface area (Å²) in [5.74, 6) is -0.0275. The van der Waals surface area contributed by atoms with Gasteiger partial charge in [-0.3, -0.25) is 4.79 Å². The highest BCUT2D eigenvalue weighted by Gasteiger charge is 2.10. The van der Waals surface area contributed by atoms with Gasteiger partial charge in [0.1, 0.15) is 0 Å². The van der Waals surface area contributed by atoms with Crippen molar-refractivity contribution in [3.05, 3.63) is 29.8 Å². The van der Waals surface area contributed by atoms with Gasteiger partial charge in [-0.05, 0) is 24.5 Å². The highest BCUT2D eigenvalue weighted by Crippen LogP contribution is 2.12. The van der Waals surface area contributed by atoms with Crippen LogP contribution in [0.2, 0.25) is 0 Å². The molecule has 0 bridgehead atoms. The molecule has 96 valence electrons. The topological polar surface area (TPSA) is 78.9 Å². The molecule has 0 fully saturated rings. The normalized spacial score (nSPS) is 11.6. The van der Waals surface area contributed by atoms with Crippen molar-refractivity contribution >= 4 is 11.6 Å².